The smallest absolute Gasteiger partial charge is 0.170 e. The van der Waals surface area contributed by atoms with Gasteiger partial charge in [0.2, 0.25) is 0 Å². The van der Waals surface area contributed by atoms with Crippen LogP contribution >= 0.6 is 11.6 Å². The molecule has 2 fully saturated rings. The van der Waals surface area contributed by atoms with Gasteiger partial charge in [0, 0.05) is 74.5 Å². The van der Waals surface area contributed by atoms with Gasteiger partial charge in [-0.25, -0.2) is 0 Å². The molecule has 0 aliphatic carbocycles. The summed E-state index contributed by atoms with van der Waals surface area (Å²) in [6.07, 6.45) is 9.78. The molecule has 2 N–H and O–H groups in total. The molecule has 2 aromatic rings. The summed E-state index contributed by atoms with van der Waals surface area (Å²) in [6.45, 7) is 8.87. The third-order valence-corrected chi connectivity index (χ3v) is 8.09. The highest BCUT2D eigenvalue weighted by Gasteiger charge is 2.38. The molecule has 0 spiro atoms. The lowest BCUT2D eigenvalue weighted by molar-refractivity contribution is -0.177. The van der Waals surface area contributed by atoms with Crippen molar-refractivity contribution < 1.29 is 9.47 Å². The van der Waals surface area contributed by atoms with E-state index in [1.807, 2.05) is 0 Å². The summed E-state index contributed by atoms with van der Waals surface area (Å²) >= 11 is 6.09. The number of hydrogen-bond acceptors (Lipinski definition) is 8. The summed E-state index contributed by atoms with van der Waals surface area (Å²) < 4.78 is 12.4. The molecule has 2 bridgehead atoms. The molecule has 1 aromatic heterocycles. The molecular weight excluding hydrogens is 500 g/mol. The number of unbranched alkanes of at least 4 members (excludes halogenated alkanes) is 2. The van der Waals surface area contributed by atoms with E-state index in [0.29, 0.717) is 22.9 Å². The average Bonchev–Trinajstić information content (AvgIpc) is 3.55. The van der Waals surface area contributed by atoms with Crippen LogP contribution in [0.25, 0.3) is 0 Å². The highest BCUT2D eigenvalue weighted by atomic mass is 35.5. The standard InChI is InChI=1S/C29H41ClN6O2/c1-3-5-14-37-29(38-15-6-4-2)21-10-12-34(13-11-21)22-8-7-9-23(16-22)35-19-25-17-24(35)20-36(25)26-18-27(30)32-33-28(26)31/h7-9,16,18-19,21,24,29H,3-6,10-15,17,20H2,1-2H3,(H2,31,33). The largest absolute Gasteiger partial charge is 0.380 e. The van der Waals surface area contributed by atoms with Gasteiger partial charge < -0.3 is 29.9 Å². The van der Waals surface area contributed by atoms with Crippen LogP contribution in [0.4, 0.5) is 22.9 Å². The average molecular weight is 541 g/mol. The Morgan fingerprint density at radius 3 is 2.39 bits per heavy atom. The molecule has 1 aromatic carbocycles. The van der Waals surface area contributed by atoms with Crippen LogP contribution in [-0.2, 0) is 9.47 Å². The van der Waals surface area contributed by atoms with Gasteiger partial charge in [-0.2, -0.15) is 0 Å². The van der Waals surface area contributed by atoms with Crippen LogP contribution < -0.4 is 20.4 Å². The molecule has 0 saturated carbocycles. The number of nitrogen functional groups attached to an aromatic ring is 1. The number of halogens is 1. The zero-order valence-electron chi connectivity index (χ0n) is 22.7. The minimum absolute atomic E-state index is 0.0733. The van der Waals surface area contributed by atoms with E-state index in [9.17, 15) is 0 Å². The van der Waals surface area contributed by atoms with E-state index >= 15 is 0 Å². The summed E-state index contributed by atoms with van der Waals surface area (Å²) in [4.78, 5) is 7.12. The first-order chi connectivity index (χ1) is 18.6. The molecule has 5 rings (SSSR count). The van der Waals surface area contributed by atoms with Crippen LogP contribution in [0.3, 0.4) is 0 Å². The molecule has 1 atom stereocenters. The van der Waals surface area contributed by atoms with Gasteiger partial charge >= 0.3 is 0 Å². The molecule has 0 radical (unpaired) electrons. The molecule has 206 valence electrons. The Morgan fingerprint density at radius 1 is 1.03 bits per heavy atom. The Kier molecular flexibility index (Phi) is 8.92. The zero-order chi connectivity index (χ0) is 26.5. The number of ether oxygens (including phenoxy) is 2. The topological polar surface area (TPSA) is 80.0 Å². The predicted octanol–water partition coefficient (Wildman–Crippen LogP) is 5.83. The van der Waals surface area contributed by atoms with Crippen molar-refractivity contribution in [3.8, 4) is 0 Å². The van der Waals surface area contributed by atoms with Crippen LogP contribution in [0.1, 0.15) is 58.8 Å². The fourth-order valence-corrected chi connectivity index (χ4v) is 5.87. The van der Waals surface area contributed by atoms with Gasteiger partial charge in [0.25, 0.3) is 0 Å². The van der Waals surface area contributed by atoms with Gasteiger partial charge in [-0.05, 0) is 43.9 Å². The van der Waals surface area contributed by atoms with Crippen LogP contribution in [0, 0.1) is 5.92 Å². The number of fused-ring (bicyclic) bond motifs is 2. The van der Waals surface area contributed by atoms with Gasteiger partial charge in [0.15, 0.2) is 17.3 Å². The second-order valence-corrected chi connectivity index (χ2v) is 11.0. The minimum atomic E-state index is -0.0733. The third-order valence-electron chi connectivity index (χ3n) is 7.91. The molecule has 1 unspecified atom stereocenters. The number of piperidine rings is 1. The predicted molar refractivity (Wildman–Crippen MR) is 155 cm³/mol. The summed E-state index contributed by atoms with van der Waals surface area (Å²) in [5, 5.41) is 8.20. The molecule has 38 heavy (non-hydrogen) atoms. The first kappa shape index (κ1) is 27.0. The Morgan fingerprint density at radius 2 is 1.74 bits per heavy atom. The Bertz CT molecular complexity index is 1100. The van der Waals surface area contributed by atoms with Gasteiger partial charge in [-0.15, -0.1) is 10.2 Å². The maximum Gasteiger partial charge on any atom is 0.170 e. The lowest BCUT2D eigenvalue weighted by atomic mass is 9.95. The Labute approximate surface area is 231 Å². The van der Waals surface area contributed by atoms with Crippen molar-refractivity contribution in [1.82, 2.24) is 10.2 Å². The van der Waals surface area contributed by atoms with Crippen molar-refractivity contribution in [1.29, 1.82) is 0 Å². The second kappa shape index (κ2) is 12.5. The van der Waals surface area contributed by atoms with E-state index in [-0.39, 0.29) is 6.29 Å². The molecule has 8 nitrogen and oxygen atoms in total. The summed E-state index contributed by atoms with van der Waals surface area (Å²) in [5.74, 6) is 0.866. The number of hydrogen-bond donors (Lipinski definition) is 1. The molecule has 0 amide bonds. The fourth-order valence-electron chi connectivity index (χ4n) is 5.73. The van der Waals surface area contributed by atoms with Crippen LogP contribution in [-0.4, -0.2) is 55.4 Å². The van der Waals surface area contributed by atoms with Crippen molar-refractivity contribution in [3.63, 3.8) is 0 Å². The quantitative estimate of drug-likeness (QED) is 0.266. The highest BCUT2D eigenvalue weighted by Crippen LogP contribution is 2.41. The van der Waals surface area contributed by atoms with Gasteiger partial charge in [-0.1, -0.05) is 44.4 Å². The van der Waals surface area contributed by atoms with Gasteiger partial charge in [0.1, 0.15) is 0 Å². The summed E-state index contributed by atoms with van der Waals surface area (Å²) in [6, 6.07) is 11.1. The van der Waals surface area contributed by atoms with Crippen molar-refractivity contribution in [3.05, 3.63) is 47.4 Å². The monoisotopic (exact) mass is 540 g/mol. The molecule has 2 saturated heterocycles. The van der Waals surface area contributed by atoms with Crippen LogP contribution in [0.5, 0.6) is 0 Å². The summed E-state index contributed by atoms with van der Waals surface area (Å²) in [5.41, 5.74) is 10.7. The van der Waals surface area contributed by atoms with Crippen LogP contribution in [0.15, 0.2) is 42.2 Å². The van der Waals surface area contributed by atoms with Crippen molar-refractivity contribution in [2.75, 3.05) is 53.3 Å². The zero-order valence-corrected chi connectivity index (χ0v) is 23.4. The minimum Gasteiger partial charge on any atom is -0.380 e. The number of nitrogens with zero attached hydrogens (tertiary/aromatic N) is 5. The normalized spacial score (nSPS) is 19.6. The lowest BCUT2D eigenvalue weighted by Gasteiger charge is -2.37. The number of rotatable bonds is 12. The first-order valence-electron chi connectivity index (χ1n) is 14.2. The van der Waals surface area contributed by atoms with Gasteiger partial charge in [-0.3, -0.25) is 0 Å². The van der Waals surface area contributed by atoms with E-state index in [1.54, 1.807) is 6.07 Å². The first-order valence-corrected chi connectivity index (χ1v) is 14.6. The highest BCUT2D eigenvalue weighted by molar-refractivity contribution is 6.29. The number of aromatic nitrogens is 2. The molecule has 3 aliphatic rings. The van der Waals surface area contributed by atoms with E-state index in [2.05, 4.69) is 69.2 Å². The molecular formula is C29H41ClN6O2. The van der Waals surface area contributed by atoms with Crippen molar-refractivity contribution in [2.45, 2.75) is 71.1 Å². The van der Waals surface area contributed by atoms with E-state index in [0.717, 1.165) is 83.5 Å². The van der Waals surface area contributed by atoms with Gasteiger partial charge in [0.05, 0.1) is 11.7 Å². The fraction of sp³-hybridized carbons (Fsp3) is 0.586. The Balaban J connectivity index is 1.21. The number of anilines is 4. The van der Waals surface area contributed by atoms with Crippen LogP contribution in [0.2, 0.25) is 5.15 Å². The van der Waals surface area contributed by atoms with E-state index in [1.165, 1.54) is 17.1 Å². The lowest BCUT2D eigenvalue weighted by Crippen LogP contribution is -2.40. The van der Waals surface area contributed by atoms with Crippen molar-refractivity contribution >= 4 is 34.5 Å². The number of nitrogens with two attached hydrogens (primary N) is 1. The maximum atomic E-state index is 6.20. The van der Waals surface area contributed by atoms with Crippen molar-refractivity contribution in [2.24, 2.45) is 5.92 Å². The molecule has 9 heteroatoms. The SMILES string of the molecule is CCCCOC(OCCCC)C1CCN(c2cccc(N3C=C4CC3CN4c3cc(Cl)nnc3N)c2)CC1. The van der Waals surface area contributed by atoms with E-state index < -0.39 is 0 Å². The molecule has 3 aliphatic heterocycles. The Hall–Kier alpha value is -2.55. The number of benzene rings is 1. The molecule has 4 heterocycles. The summed E-state index contributed by atoms with van der Waals surface area (Å²) in [7, 11) is 0. The third kappa shape index (κ3) is 6.03. The van der Waals surface area contributed by atoms with E-state index in [4.69, 9.17) is 26.8 Å². The second-order valence-electron chi connectivity index (χ2n) is 10.6. The maximum absolute atomic E-state index is 6.20.